The highest BCUT2D eigenvalue weighted by molar-refractivity contribution is 6.30. The van der Waals surface area contributed by atoms with E-state index in [0.717, 1.165) is 31.4 Å². The maximum atomic E-state index is 12.9. The van der Waals surface area contributed by atoms with Crippen LogP contribution in [0.25, 0.3) is 0 Å². The quantitative estimate of drug-likeness (QED) is 0.899. The molecule has 1 amide bonds. The number of rotatable bonds is 5. The number of carbonyl (C=O) groups is 1. The van der Waals surface area contributed by atoms with E-state index in [9.17, 15) is 4.79 Å². The van der Waals surface area contributed by atoms with E-state index in [-0.39, 0.29) is 29.4 Å². The van der Waals surface area contributed by atoms with Gasteiger partial charge >= 0.3 is 0 Å². The van der Waals surface area contributed by atoms with E-state index in [1.54, 1.807) is 7.11 Å². The monoisotopic (exact) mass is 335 g/mol. The highest BCUT2D eigenvalue weighted by Crippen LogP contribution is 2.50. The first-order valence-electron chi connectivity index (χ1n) is 8.33. The largest absolute Gasteiger partial charge is 0.384 e. The van der Waals surface area contributed by atoms with Crippen LogP contribution in [-0.2, 0) is 19.7 Å². The maximum absolute atomic E-state index is 12.9. The van der Waals surface area contributed by atoms with Crippen LogP contribution in [0.2, 0.25) is 5.02 Å². The van der Waals surface area contributed by atoms with Crippen molar-refractivity contribution >= 4 is 17.5 Å². The number of carbonyl (C=O) groups excluding carboxylic acids is 1. The molecule has 0 spiro atoms. The first-order valence-corrected chi connectivity index (χ1v) is 8.71. The Bertz CT molecular complexity index is 599. The number of amides is 1. The molecule has 3 fully saturated rings. The Kier molecular flexibility index (Phi) is 3.87. The van der Waals surface area contributed by atoms with Gasteiger partial charge in [-0.15, -0.1) is 0 Å². The lowest BCUT2D eigenvalue weighted by atomic mass is 9.67. The van der Waals surface area contributed by atoms with Gasteiger partial charge in [-0.2, -0.15) is 0 Å². The summed E-state index contributed by atoms with van der Waals surface area (Å²) in [6.07, 6.45) is 3.11. The van der Waals surface area contributed by atoms with Crippen LogP contribution >= 0.6 is 11.6 Å². The SMILES string of the molecule is COC[C@@H]1[C@H](NC(=O)C2(c3ccc(Cl)cc3)CC2)[C@@H]2CCO[C@H]12. The normalized spacial score (nSPS) is 33.7. The Morgan fingerprint density at radius 3 is 2.78 bits per heavy atom. The molecular formula is C18H22ClNO3. The van der Waals surface area contributed by atoms with Crippen molar-refractivity contribution in [3.8, 4) is 0 Å². The van der Waals surface area contributed by atoms with Gasteiger partial charge in [-0.3, -0.25) is 4.79 Å². The van der Waals surface area contributed by atoms with Crippen LogP contribution in [-0.4, -0.2) is 38.4 Å². The Balaban J connectivity index is 1.48. The highest BCUT2D eigenvalue weighted by atomic mass is 35.5. The Labute approximate surface area is 141 Å². The van der Waals surface area contributed by atoms with Crippen LogP contribution in [0.5, 0.6) is 0 Å². The van der Waals surface area contributed by atoms with Crippen LogP contribution < -0.4 is 5.32 Å². The lowest BCUT2D eigenvalue weighted by molar-refractivity contribution is -0.132. The molecular weight excluding hydrogens is 314 g/mol. The molecule has 4 atom stereocenters. The molecule has 1 aromatic rings. The molecule has 2 aliphatic carbocycles. The lowest BCUT2D eigenvalue weighted by Gasteiger charge is -2.48. The molecule has 1 saturated heterocycles. The van der Waals surface area contributed by atoms with Gasteiger partial charge in [0.1, 0.15) is 0 Å². The fourth-order valence-corrected chi connectivity index (χ4v) is 4.39. The number of fused-ring (bicyclic) bond motifs is 1. The van der Waals surface area contributed by atoms with Crippen molar-refractivity contribution in [1.29, 1.82) is 0 Å². The van der Waals surface area contributed by atoms with Gasteiger partial charge in [-0.25, -0.2) is 0 Å². The van der Waals surface area contributed by atoms with E-state index in [1.165, 1.54) is 0 Å². The third kappa shape index (κ3) is 2.48. The molecule has 2 saturated carbocycles. The average Bonchev–Trinajstić information content (AvgIpc) is 3.25. The average molecular weight is 336 g/mol. The molecule has 23 heavy (non-hydrogen) atoms. The van der Waals surface area contributed by atoms with Crippen molar-refractivity contribution in [2.75, 3.05) is 20.3 Å². The lowest BCUT2D eigenvalue weighted by Crippen LogP contribution is -2.63. The number of nitrogens with one attached hydrogen (secondary N) is 1. The van der Waals surface area contributed by atoms with Gasteiger partial charge < -0.3 is 14.8 Å². The second-order valence-corrected chi connectivity index (χ2v) is 7.43. The minimum Gasteiger partial charge on any atom is -0.384 e. The second-order valence-electron chi connectivity index (χ2n) is 7.00. The summed E-state index contributed by atoms with van der Waals surface area (Å²) < 4.78 is 11.1. The molecule has 5 heteroatoms. The molecule has 4 nitrogen and oxygen atoms in total. The molecule has 3 aliphatic rings. The minimum atomic E-state index is -0.354. The fraction of sp³-hybridized carbons (Fsp3) is 0.611. The number of benzene rings is 1. The summed E-state index contributed by atoms with van der Waals surface area (Å²) >= 11 is 5.96. The smallest absolute Gasteiger partial charge is 0.230 e. The van der Waals surface area contributed by atoms with Gasteiger partial charge in [-0.05, 0) is 37.0 Å². The summed E-state index contributed by atoms with van der Waals surface area (Å²) in [4.78, 5) is 12.9. The van der Waals surface area contributed by atoms with Crippen LogP contribution in [0, 0.1) is 11.8 Å². The Morgan fingerprint density at radius 1 is 1.39 bits per heavy atom. The van der Waals surface area contributed by atoms with E-state index in [2.05, 4.69) is 5.32 Å². The van der Waals surface area contributed by atoms with Crippen molar-refractivity contribution in [2.45, 2.75) is 36.8 Å². The predicted octanol–water partition coefficient (Wildman–Crippen LogP) is 2.54. The summed E-state index contributed by atoms with van der Waals surface area (Å²) in [7, 11) is 1.71. The van der Waals surface area contributed by atoms with Crippen molar-refractivity contribution in [3.63, 3.8) is 0 Å². The molecule has 1 heterocycles. The molecule has 1 N–H and O–H groups in total. The van der Waals surface area contributed by atoms with Gasteiger partial charge in [-0.1, -0.05) is 23.7 Å². The van der Waals surface area contributed by atoms with Gasteiger partial charge in [0.15, 0.2) is 0 Å². The first kappa shape index (κ1) is 15.4. The predicted molar refractivity (Wildman–Crippen MR) is 87.5 cm³/mol. The van der Waals surface area contributed by atoms with Gasteiger partial charge in [0.05, 0.1) is 18.1 Å². The van der Waals surface area contributed by atoms with Gasteiger partial charge in [0.25, 0.3) is 0 Å². The fourth-order valence-electron chi connectivity index (χ4n) is 4.26. The van der Waals surface area contributed by atoms with Crippen molar-refractivity contribution < 1.29 is 14.3 Å². The number of methoxy groups -OCH3 is 1. The van der Waals surface area contributed by atoms with Crippen LogP contribution in [0.1, 0.15) is 24.8 Å². The van der Waals surface area contributed by atoms with Gasteiger partial charge in [0, 0.05) is 36.6 Å². The van der Waals surface area contributed by atoms with E-state index >= 15 is 0 Å². The maximum Gasteiger partial charge on any atom is 0.230 e. The summed E-state index contributed by atoms with van der Waals surface area (Å²) in [5.74, 6) is 0.869. The third-order valence-electron chi connectivity index (χ3n) is 5.77. The number of ether oxygens (including phenoxy) is 2. The highest BCUT2D eigenvalue weighted by Gasteiger charge is 2.57. The molecule has 1 aromatic carbocycles. The topological polar surface area (TPSA) is 47.6 Å². The zero-order chi connectivity index (χ0) is 16.0. The van der Waals surface area contributed by atoms with E-state index in [1.807, 2.05) is 24.3 Å². The van der Waals surface area contributed by atoms with Gasteiger partial charge in [0.2, 0.25) is 5.91 Å². The standard InChI is InChI=1S/C18H22ClNO3/c1-22-10-14-15(13-6-9-23-16(13)14)20-17(21)18(7-8-18)11-2-4-12(19)5-3-11/h2-5,13-16H,6-10H2,1H3,(H,20,21)/t13-,14+,15+,16-/m0/s1. The molecule has 4 rings (SSSR count). The summed E-state index contributed by atoms with van der Waals surface area (Å²) in [6, 6.07) is 7.86. The number of hydrogen-bond acceptors (Lipinski definition) is 3. The second kappa shape index (κ2) is 5.76. The molecule has 0 bridgehead atoms. The molecule has 0 radical (unpaired) electrons. The van der Waals surface area contributed by atoms with Crippen LogP contribution in [0.4, 0.5) is 0 Å². The third-order valence-corrected chi connectivity index (χ3v) is 6.02. The zero-order valence-corrected chi connectivity index (χ0v) is 14.0. The summed E-state index contributed by atoms with van der Waals surface area (Å²) in [5, 5.41) is 4.01. The van der Waals surface area contributed by atoms with E-state index in [0.29, 0.717) is 17.5 Å². The Hall–Kier alpha value is -1.10. The first-order chi connectivity index (χ1) is 11.2. The number of halogens is 1. The molecule has 0 unspecified atom stereocenters. The van der Waals surface area contributed by atoms with E-state index < -0.39 is 0 Å². The van der Waals surface area contributed by atoms with Crippen molar-refractivity contribution in [2.24, 2.45) is 11.8 Å². The van der Waals surface area contributed by atoms with Crippen LogP contribution in [0.3, 0.4) is 0 Å². The van der Waals surface area contributed by atoms with Crippen molar-refractivity contribution in [3.05, 3.63) is 34.9 Å². The molecule has 0 aromatic heterocycles. The van der Waals surface area contributed by atoms with Crippen molar-refractivity contribution in [1.82, 2.24) is 5.32 Å². The zero-order valence-electron chi connectivity index (χ0n) is 13.3. The molecule has 124 valence electrons. The minimum absolute atomic E-state index is 0.149. The summed E-state index contributed by atoms with van der Waals surface area (Å²) in [5.41, 5.74) is 0.716. The Morgan fingerprint density at radius 2 is 2.13 bits per heavy atom. The number of hydrogen-bond donors (Lipinski definition) is 1. The van der Waals surface area contributed by atoms with E-state index in [4.69, 9.17) is 21.1 Å². The van der Waals surface area contributed by atoms with Crippen LogP contribution in [0.15, 0.2) is 24.3 Å². The summed E-state index contributed by atoms with van der Waals surface area (Å²) in [6.45, 7) is 1.43. The molecule has 1 aliphatic heterocycles.